The highest BCUT2D eigenvalue weighted by molar-refractivity contribution is 7.11. The number of hydrogen-bond donors (Lipinski definition) is 2. The highest BCUT2D eigenvalue weighted by Gasteiger charge is 2.38. The molecule has 0 radical (unpaired) electrons. The van der Waals surface area contributed by atoms with Crippen LogP contribution in [0.4, 0.5) is 8.78 Å². The largest absolute Gasteiger partial charge is 0.481 e. The zero-order valence-corrected chi connectivity index (χ0v) is 20.5. The monoisotopic (exact) mass is 523 g/mol. The Kier molecular flexibility index (Phi) is 7.81. The van der Waals surface area contributed by atoms with Crippen molar-refractivity contribution in [1.82, 2.24) is 10.3 Å². The lowest BCUT2D eigenvalue weighted by Gasteiger charge is -2.31. The lowest BCUT2D eigenvalue weighted by Crippen LogP contribution is -2.37. The number of esters is 1. The highest BCUT2D eigenvalue weighted by Crippen LogP contribution is 2.42. The van der Waals surface area contributed by atoms with Crippen molar-refractivity contribution in [2.24, 2.45) is 16.8 Å². The second-order valence-electron chi connectivity index (χ2n) is 8.40. The summed E-state index contributed by atoms with van der Waals surface area (Å²) in [6.45, 7) is 1.77. The molecule has 3 atom stereocenters. The topological polar surface area (TPSA) is 101 Å². The molecule has 1 aliphatic carbocycles. The first-order valence-corrected chi connectivity index (χ1v) is 12.6. The number of allylic oxidation sites excluding steroid dienone is 1. The number of benzene rings is 1. The van der Waals surface area contributed by atoms with Crippen LogP contribution in [0.15, 0.2) is 40.0 Å². The third kappa shape index (κ3) is 5.23. The molecule has 0 bridgehead atoms. The van der Waals surface area contributed by atoms with Gasteiger partial charge in [0.05, 0.1) is 23.1 Å². The van der Waals surface area contributed by atoms with Gasteiger partial charge in [0.1, 0.15) is 6.04 Å². The number of amidine groups is 1. The molecule has 2 aromatic rings. The molecule has 2 heterocycles. The Bertz CT molecular complexity index is 1190. The summed E-state index contributed by atoms with van der Waals surface area (Å²) >= 11 is 7.53. The molecule has 1 saturated carbocycles. The zero-order chi connectivity index (χ0) is 25.1. The first kappa shape index (κ1) is 25.2. The molecule has 0 unspecified atom stereocenters. The van der Waals surface area contributed by atoms with Crippen LogP contribution in [0.1, 0.15) is 55.6 Å². The van der Waals surface area contributed by atoms with Crippen molar-refractivity contribution in [2.75, 3.05) is 6.61 Å². The molecule has 35 heavy (non-hydrogen) atoms. The van der Waals surface area contributed by atoms with Crippen LogP contribution < -0.4 is 5.32 Å². The van der Waals surface area contributed by atoms with Gasteiger partial charge >= 0.3 is 11.9 Å². The summed E-state index contributed by atoms with van der Waals surface area (Å²) in [4.78, 5) is 33.8. The van der Waals surface area contributed by atoms with Gasteiger partial charge in [-0.3, -0.25) is 9.79 Å². The van der Waals surface area contributed by atoms with Gasteiger partial charge in [-0.2, -0.15) is 0 Å². The van der Waals surface area contributed by atoms with Crippen LogP contribution in [0.25, 0.3) is 0 Å². The first-order valence-electron chi connectivity index (χ1n) is 11.3. The predicted octanol–water partition coefficient (Wildman–Crippen LogP) is 5.26. The fourth-order valence-corrected chi connectivity index (χ4v) is 5.43. The number of rotatable bonds is 6. The number of nitrogens with one attached hydrogen (secondary N) is 1. The summed E-state index contributed by atoms with van der Waals surface area (Å²) in [7, 11) is 0. The molecule has 0 amide bonds. The third-order valence-corrected chi connectivity index (χ3v) is 7.45. The van der Waals surface area contributed by atoms with Crippen LogP contribution in [0.3, 0.4) is 0 Å². The van der Waals surface area contributed by atoms with Crippen LogP contribution in [-0.4, -0.2) is 34.5 Å². The fourth-order valence-electron chi connectivity index (χ4n) is 4.58. The zero-order valence-electron chi connectivity index (χ0n) is 18.9. The summed E-state index contributed by atoms with van der Waals surface area (Å²) in [5.74, 6) is -4.11. The Morgan fingerprint density at radius 3 is 2.74 bits per heavy atom. The number of ether oxygens (including phenoxy) is 1. The number of nitrogens with zero attached hydrogens (tertiary/aromatic N) is 2. The number of hydrogen-bond acceptors (Lipinski definition) is 7. The molecule has 186 valence electrons. The van der Waals surface area contributed by atoms with Gasteiger partial charge in [0.25, 0.3) is 0 Å². The lowest BCUT2D eigenvalue weighted by molar-refractivity contribution is -0.142. The van der Waals surface area contributed by atoms with Crippen molar-refractivity contribution < 1.29 is 28.2 Å². The van der Waals surface area contributed by atoms with Crippen molar-refractivity contribution in [3.63, 3.8) is 0 Å². The summed E-state index contributed by atoms with van der Waals surface area (Å²) < 4.78 is 33.6. The molecule has 11 heteroatoms. The smallest absolute Gasteiger partial charge is 0.338 e. The van der Waals surface area contributed by atoms with Gasteiger partial charge in [-0.05, 0) is 44.6 Å². The van der Waals surface area contributed by atoms with Gasteiger partial charge < -0.3 is 15.2 Å². The van der Waals surface area contributed by atoms with Crippen molar-refractivity contribution in [3.8, 4) is 0 Å². The van der Waals surface area contributed by atoms with E-state index in [1.165, 1.54) is 17.4 Å². The van der Waals surface area contributed by atoms with Crippen molar-refractivity contribution in [3.05, 3.63) is 62.2 Å². The van der Waals surface area contributed by atoms with E-state index in [0.717, 1.165) is 6.07 Å². The van der Waals surface area contributed by atoms with Crippen molar-refractivity contribution in [2.45, 2.75) is 45.1 Å². The summed E-state index contributed by atoms with van der Waals surface area (Å²) in [5, 5.41) is 14.6. The normalized spacial score (nSPS) is 22.7. The number of thiazole rings is 1. The Hall–Kier alpha value is -2.85. The first-order chi connectivity index (χ1) is 16.8. The van der Waals surface area contributed by atoms with Gasteiger partial charge in [-0.15, -0.1) is 11.3 Å². The van der Waals surface area contributed by atoms with Crippen LogP contribution in [0, 0.1) is 23.5 Å². The standard InChI is InChI=1S/C24H24ClF2N3O4S/c1-2-34-24(33)16-19(12-4-3-5-13(7-6-12)23(31)32)29-21(22-28-10-11-35-22)30-20(16)14-8-9-15(26)18(27)17(14)25/h8-13,20H,2-7H2,1H3,(H,29,30)(H,31,32)/t12-,13+,20-/m1/s1. The number of halogens is 3. The number of carboxylic acids is 1. The van der Waals surface area contributed by atoms with E-state index in [-0.39, 0.29) is 23.7 Å². The molecule has 2 aliphatic rings. The lowest BCUT2D eigenvalue weighted by atomic mass is 9.86. The summed E-state index contributed by atoms with van der Waals surface area (Å²) in [6.07, 6.45) is 4.41. The molecule has 7 nitrogen and oxygen atoms in total. The number of aromatic nitrogens is 1. The van der Waals surface area contributed by atoms with Crippen molar-refractivity contribution in [1.29, 1.82) is 0 Å². The summed E-state index contributed by atoms with van der Waals surface area (Å²) in [6, 6.07) is 1.19. The van der Waals surface area contributed by atoms with E-state index >= 15 is 0 Å². The van der Waals surface area contributed by atoms with Crippen LogP contribution >= 0.6 is 22.9 Å². The van der Waals surface area contributed by atoms with Gasteiger partial charge in [0, 0.05) is 22.8 Å². The van der Waals surface area contributed by atoms with E-state index < -0.39 is 40.6 Å². The van der Waals surface area contributed by atoms with Crippen LogP contribution in [0.5, 0.6) is 0 Å². The second-order valence-corrected chi connectivity index (χ2v) is 9.67. The number of carbonyl (C=O) groups excluding carboxylic acids is 1. The van der Waals surface area contributed by atoms with Crippen LogP contribution in [-0.2, 0) is 14.3 Å². The van der Waals surface area contributed by atoms with Crippen molar-refractivity contribution >= 4 is 40.7 Å². The summed E-state index contributed by atoms with van der Waals surface area (Å²) in [5.41, 5.74) is 0.804. The molecule has 1 aliphatic heterocycles. The number of aliphatic imine (C=N–C) groups is 1. The minimum Gasteiger partial charge on any atom is -0.481 e. The average molecular weight is 524 g/mol. The number of aliphatic carboxylic acids is 1. The van der Waals surface area contributed by atoms with Gasteiger partial charge in [0.2, 0.25) is 0 Å². The molecule has 2 N–H and O–H groups in total. The van der Waals surface area contributed by atoms with E-state index in [0.29, 0.717) is 48.6 Å². The van der Waals surface area contributed by atoms with E-state index in [9.17, 15) is 23.5 Å². The van der Waals surface area contributed by atoms with E-state index in [4.69, 9.17) is 16.3 Å². The maximum absolute atomic E-state index is 14.4. The molecular weight excluding hydrogens is 500 g/mol. The molecule has 4 rings (SSSR count). The van der Waals surface area contributed by atoms with Gasteiger partial charge in [-0.25, -0.2) is 18.6 Å². The average Bonchev–Trinajstić information content (AvgIpc) is 3.26. The fraction of sp³-hybridized carbons (Fsp3) is 0.417. The van der Waals surface area contributed by atoms with E-state index in [2.05, 4.69) is 15.3 Å². The Morgan fingerprint density at radius 2 is 2.06 bits per heavy atom. The SMILES string of the molecule is CCOC(=O)C1=C([C@@H]2CCC[C@H](C(=O)O)CC2)NC(c2nccs2)=N[C@@H]1c1ccc(F)c(F)c1Cl. The molecule has 1 aromatic carbocycles. The number of carboxylic acid groups (broad SMARTS) is 1. The molecule has 1 aromatic heterocycles. The minimum absolute atomic E-state index is 0.0999. The third-order valence-electron chi connectivity index (χ3n) is 6.29. The second kappa shape index (κ2) is 10.8. The quantitative estimate of drug-likeness (QED) is 0.304. The Morgan fingerprint density at radius 1 is 1.26 bits per heavy atom. The molecule has 0 spiro atoms. The Balaban J connectivity index is 1.86. The van der Waals surface area contributed by atoms with Gasteiger partial charge in [0.15, 0.2) is 22.5 Å². The highest BCUT2D eigenvalue weighted by atomic mass is 35.5. The molecular formula is C24H24ClF2N3O4S. The maximum Gasteiger partial charge on any atom is 0.338 e. The van der Waals surface area contributed by atoms with Crippen LogP contribution in [0.2, 0.25) is 5.02 Å². The molecule has 0 saturated heterocycles. The van der Waals surface area contributed by atoms with E-state index in [1.54, 1.807) is 18.5 Å². The maximum atomic E-state index is 14.4. The Labute approximate surface area is 209 Å². The number of carbonyl (C=O) groups is 2. The molecule has 1 fully saturated rings. The van der Waals surface area contributed by atoms with Gasteiger partial charge in [-0.1, -0.05) is 24.1 Å². The van der Waals surface area contributed by atoms with E-state index in [1.807, 2.05) is 0 Å². The minimum atomic E-state index is -1.22. The predicted molar refractivity (Wildman–Crippen MR) is 127 cm³/mol.